The van der Waals surface area contributed by atoms with E-state index >= 15 is 0 Å². The molecule has 5 N–H and O–H groups in total. The number of carbonyl (C=O) groups is 1. The maximum Gasteiger partial charge on any atom is 0.264 e. The molecule has 10 heteroatoms. The van der Waals surface area contributed by atoms with Gasteiger partial charge in [0.1, 0.15) is 18.3 Å². The molecule has 0 aromatic carbocycles. The molecule has 1 fully saturated rings. The molecule has 2 rings (SSSR count). The number of pyridine rings is 1. The Balaban J connectivity index is 1.56. The summed E-state index contributed by atoms with van der Waals surface area (Å²) < 4.78 is 16.5. The van der Waals surface area contributed by atoms with Gasteiger partial charge < -0.3 is 34.8 Å². The van der Waals surface area contributed by atoms with Crippen LogP contribution >= 0.6 is 0 Å². The number of hydrogen-bond donors (Lipinski definition) is 5. The van der Waals surface area contributed by atoms with Crippen LogP contribution in [0.25, 0.3) is 0 Å². The number of aliphatic hydroxyl groups excluding tert-OH is 3. The van der Waals surface area contributed by atoms with Gasteiger partial charge in [0, 0.05) is 25.8 Å². The van der Waals surface area contributed by atoms with Crippen LogP contribution in [0.4, 0.5) is 0 Å². The lowest BCUT2D eigenvalue weighted by Gasteiger charge is -2.36. The summed E-state index contributed by atoms with van der Waals surface area (Å²) >= 11 is 0. The minimum absolute atomic E-state index is 0.0236. The molecule has 31 heavy (non-hydrogen) atoms. The third-order valence-corrected chi connectivity index (χ3v) is 4.93. The van der Waals surface area contributed by atoms with Crippen LogP contribution < -0.4 is 5.32 Å². The summed E-state index contributed by atoms with van der Waals surface area (Å²) in [6.45, 7) is 3.30. The fourth-order valence-electron chi connectivity index (χ4n) is 3.14. The van der Waals surface area contributed by atoms with E-state index in [1.54, 1.807) is 6.20 Å². The molecule has 2 heterocycles. The van der Waals surface area contributed by atoms with Crippen LogP contribution in [-0.2, 0) is 25.4 Å². The number of ether oxygens (including phenoxy) is 3. The molecule has 1 amide bonds. The quantitative estimate of drug-likeness (QED) is 0.208. The lowest BCUT2D eigenvalue weighted by atomic mass is 9.96. The normalized spacial score (nSPS) is 23.5. The molecular formula is C21H33N3O7. The zero-order chi connectivity index (χ0) is 22.6. The van der Waals surface area contributed by atoms with E-state index in [4.69, 9.17) is 19.6 Å². The van der Waals surface area contributed by atoms with Crippen LogP contribution in [0.3, 0.4) is 0 Å². The van der Waals surface area contributed by atoms with Crippen molar-refractivity contribution >= 4 is 11.6 Å². The second kappa shape index (κ2) is 13.5. The highest BCUT2D eigenvalue weighted by Crippen LogP contribution is 2.30. The SMILES string of the molecule is CC(=N)C(=O)NCCOCCOCCCc1ccc([C@@H]2C[C@@H](O)[C@@H](O)[C@@H](CO)O2)nc1. The van der Waals surface area contributed by atoms with Crippen molar-refractivity contribution in [3.8, 4) is 0 Å². The van der Waals surface area contributed by atoms with Crippen molar-refractivity contribution in [2.75, 3.05) is 39.6 Å². The van der Waals surface area contributed by atoms with E-state index in [-0.39, 0.29) is 24.6 Å². The summed E-state index contributed by atoms with van der Waals surface area (Å²) in [6.07, 6.45) is 0.289. The van der Waals surface area contributed by atoms with Crippen LogP contribution in [0.1, 0.15) is 37.1 Å². The van der Waals surface area contributed by atoms with Gasteiger partial charge >= 0.3 is 0 Å². The van der Waals surface area contributed by atoms with Crippen molar-refractivity contribution < 1.29 is 34.3 Å². The first-order valence-corrected chi connectivity index (χ1v) is 10.5. The maximum absolute atomic E-state index is 11.2. The average molecular weight is 440 g/mol. The lowest BCUT2D eigenvalue weighted by molar-refractivity contribution is -0.182. The Morgan fingerprint density at radius 1 is 1.26 bits per heavy atom. The van der Waals surface area contributed by atoms with E-state index in [9.17, 15) is 20.1 Å². The first-order chi connectivity index (χ1) is 14.9. The Morgan fingerprint density at radius 3 is 2.65 bits per heavy atom. The molecule has 0 bridgehead atoms. The van der Waals surface area contributed by atoms with Gasteiger partial charge in [0.25, 0.3) is 5.91 Å². The van der Waals surface area contributed by atoms with Crippen LogP contribution in [-0.4, -0.2) is 89.8 Å². The summed E-state index contributed by atoms with van der Waals surface area (Å²) in [6, 6.07) is 3.79. The first-order valence-electron chi connectivity index (χ1n) is 10.5. The Kier molecular flexibility index (Phi) is 11.0. The summed E-state index contributed by atoms with van der Waals surface area (Å²) in [5.74, 6) is -0.389. The molecule has 0 unspecified atom stereocenters. The molecule has 1 aliphatic heterocycles. The number of carbonyl (C=O) groups excluding carboxylic acids is 1. The average Bonchev–Trinajstić information content (AvgIpc) is 2.77. The molecule has 0 radical (unpaired) electrons. The number of nitrogens with zero attached hydrogens (tertiary/aromatic N) is 1. The molecule has 10 nitrogen and oxygen atoms in total. The molecule has 0 spiro atoms. The highest BCUT2D eigenvalue weighted by molar-refractivity contribution is 6.36. The number of aliphatic hydroxyl groups is 3. The number of amides is 1. The topological polar surface area (TPSA) is 154 Å². The van der Waals surface area contributed by atoms with Gasteiger partial charge in [0.2, 0.25) is 0 Å². The van der Waals surface area contributed by atoms with Gasteiger partial charge in [0.05, 0.1) is 43.9 Å². The van der Waals surface area contributed by atoms with Crippen LogP contribution in [0.2, 0.25) is 0 Å². The second-order valence-electron chi connectivity index (χ2n) is 7.44. The standard InChI is InChI=1S/C21H33N3O7/c1-14(22)21(28)23-6-8-30-10-9-29-7-2-3-15-4-5-16(24-12-15)18-11-17(26)20(27)19(13-25)31-18/h4-5,12,17-20,22,25-27H,2-3,6-11,13H2,1H3,(H,23,28)/t17-,18+,19-,20-/m1/s1. The van der Waals surface area contributed by atoms with Crippen molar-refractivity contribution in [2.45, 2.75) is 50.6 Å². The van der Waals surface area contributed by atoms with Crippen LogP contribution in [0, 0.1) is 5.41 Å². The summed E-state index contributed by atoms with van der Waals surface area (Å²) in [7, 11) is 0. The predicted molar refractivity (Wildman–Crippen MR) is 112 cm³/mol. The zero-order valence-corrected chi connectivity index (χ0v) is 17.8. The fourth-order valence-corrected chi connectivity index (χ4v) is 3.14. The van der Waals surface area contributed by atoms with Gasteiger partial charge in [-0.25, -0.2) is 0 Å². The molecule has 0 aliphatic carbocycles. The van der Waals surface area contributed by atoms with Gasteiger partial charge in [-0.3, -0.25) is 15.2 Å². The molecule has 174 valence electrons. The van der Waals surface area contributed by atoms with Gasteiger partial charge in [-0.05, 0) is 31.4 Å². The molecule has 1 aromatic rings. The van der Waals surface area contributed by atoms with E-state index in [0.29, 0.717) is 38.7 Å². The molecule has 1 aromatic heterocycles. The Morgan fingerprint density at radius 2 is 2.00 bits per heavy atom. The van der Waals surface area contributed by atoms with Crippen molar-refractivity contribution in [1.29, 1.82) is 5.41 Å². The Hall–Kier alpha value is -1.95. The van der Waals surface area contributed by atoms with Gasteiger partial charge in [0.15, 0.2) is 0 Å². The van der Waals surface area contributed by atoms with Gasteiger partial charge in [-0.2, -0.15) is 0 Å². The van der Waals surface area contributed by atoms with E-state index in [1.165, 1.54) is 6.92 Å². The fraction of sp³-hybridized carbons (Fsp3) is 0.667. The van der Waals surface area contributed by atoms with E-state index in [2.05, 4.69) is 10.3 Å². The minimum atomic E-state index is -1.09. The number of hydrogen-bond acceptors (Lipinski definition) is 9. The third-order valence-electron chi connectivity index (χ3n) is 4.93. The largest absolute Gasteiger partial charge is 0.394 e. The van der Waals surface area contributed by atoms with Crippen LogP contribution in [0.5, 0.6) is 0 Å². The molecular weight excluding hydrogens is 406 g/mol. The highest BCUT2D eigenvalue weighted by Gasteiger charge is 2.37. The predicted octanol–water partition coefficient (Wildman–Crippen LogP) is -0.253. The van der Waals surface area contributed by atoms with E-state index in [0.717, 1.165) is 18.4 Å². The maximum atomic E-state index is 11.2. The highest BCUT2D eigenvalue weighted by atomic mass is 16.5. The lowest BCUT2D eigenvalue weighted by Crippen LogP contribution is -2.47. The summed E-state index contributed by atoms with van der Waals surface area (Å²) in [4.78, 5) is 15.6. The second-order valence-corrected chi connectivity index (χ2v) is 7.44. The smallest absolute Gasteiger partial charge is 0.264 e. The number of rotatable bonds is 13. The number of aryl methyl sites for hydroxylation is 1. The molecule has 4 atom stereocenters. The first kappa shape index (κ1) is 25.3. The third kappa shape index (κ3) is 8.60. The monoisotopic (exact) mass is 439 g/mol. The molecule has 0 saturated carbocycles. The minimum Gasteiger partial charge on any atom is -0.394 e. The van der Waals surface area contributed by atoms with E-state index in [1.807, 2.05) is 12.1 Å². The zero-order valence-electron chi connectivity index (χ0n) is 17.8. The summed E-state index contributed by atoms with van der Waals surface area (Å²) in [5, 5.41) is 38.7. The number of aromatic nitrogens is 1. The van der Waals surface area contributed by atoms with Crippen LogP contribution in [0.15, 0.2) is 18.3 Å². The Bertz CT molecular complexity index is 686. The van der Waals surface area contributed by atoms with Crippen molar-refractivity contribution in [3.05, 3.63) is 29.6 Å². The number of nitrogens with one attached hydrogen (secondary N) is 2. The molecule has 1 aliphatic rings. The van der Waals surface area contributed by atoms with Crippen molar-refractivity contribution in [1.82, 2.24) is 10.3 Å². The van der Waals surface area contributed by atoms with Gasteiger partial charge in [-0.15, -0.1) is 0 Å². The van der Waals surface area contributed by atoms with Crippen molar-refractivity contribution in [3.63, 3.8) is 0 Å². The van der Waals surface area contributed by atoms with Gasteiger partial charge in [-0.1, -0.05) is 6.07 Å². The molecule has 1 saturated heterocycles. The Labute approximate surface area is 182 Å². The van der Waals surface area contributed by atoms with E-state index < -0.39 is 24.4 Å². The van der Waals surface area contributed by atoms with Crippen molar-refractivity contribution in [2.24, 2.45) is 0 Å². The summed E-state index contributed by atoms with van der Waals surface area (Å²) in [5.41, 5.74) is 1.69.